The van der Waals surface area contributed by atoms with E-state index in [-0.39, 0.29) is 0 Å². The van der Waals surface area contributed by atoms with Gasteiger partial charge in [0.15, 0.2) is 0 Å². The SMILES string of the molecule is Cc1ccc(-c2nnc(-c3ccc(C)c(C)c3)o2)cc1C. The van der Waals surface area contributed by atoms with Crippen LogP contribution < -0.4 is 0 Å². The van der Waals surface area contributed by atoms with Gasteiger partial charge >= 0.3 is 0 Å². The van der Waals surface area contributed by atoms with Crippen molar-refractivity contribution >= 4 is 0 Å². The maximum atomic E-state index is 5.82. The van der Waals surface area contributed by atoms with E-state index in [4.69, 9.17) is 4.42 Å². The van der Waals surface area contributed by atoms with Crippen molar-refractivity contribution in [2.75, 3.05) is 0 Å². The lowest BCUT2D eigenvalue weighted by atomic mass is 10.1. The van der Waals surface area contributed by atoms with Crippen LogP contribution in [0, 0.1) is 27.7 Å². The second kappa shape index (κ2) is 5.17. The summed E-state index contributed by atoms with van der Waals surface area (Å²) in [5.74, 6) is 1.12. The second-order valence-corrected chi connectivity index (χ2v) is 5.51. The molecule has 106 valence electrons. The third kappa shape index (κ3) is 2.59. The molecule has 0 spiro atoms. The molecular formula is C18H18N2O. The Kier molecular flexibility index (Phi) is 3.34. The Hall–Kier alpha value is -2.42. The van der Waals surface area contributed by atoms with Gasteiger partial charge in [0.05, 0.1) is 0 Å². The van der Waals surface area contributed by atoms with E-state index in [1.54, 1.807) is 0 Å². The zero-order chi connectivity index (χ0) is 15.0. The van der Waals surface area contributed by atoms with Gasteiger partial charge in [-0.15, -0.1) is 10.2 Å². The van der Waals surface area contributed by atoms with Gasteiger partial charge < -0.3 is 4.42 Å². The third-order valence-electron chi connectivity index (χ3n) is 3.93. The van der Waals surface area contributed by atoms with Crippen LogP contribution in [0.3, 0.4) is 0 Å². The summed E-state index contributed by atoms with van der Waals surface area (Å²) >= 11 is 0. The Labute approximate surface area is 124 Å². The van der Waals surface area contributed by atoms with Crippen molar-refractivity contribution in [2.24, 2.45) is 0 Å². The van der Waals surface area contributed by atoms with E-state index in [1.165, 1.54) is 22.3 Å². The van der Waals surface area contributed by atoms with Crippen LogP contribution in [-0.2, 0) is 0 Å². The van der Waals surface area contributed by atoms with Crippen molar-refractivity contribution in [1.29, 1.82) is 0 Å². The Morgan fingerprint density at radius 1 is 0.619 bits per heavy atom. The molecule has 1 heterocycles. The van der Waals surface area contributed by atoms with Crippen LogP contribution in [0.25, 0.3) is 22.9 Å². The predicted octanol–water partition coefficient (Wildman–Crippen LogP) is 4.64. The summed E-state index contributed by atoms with van der Waals surface area (Å²) in [7, 11) is 0. The predicted molar refractivity (Wildman–Crippen MR) is 84.1 cm³/mol. The van der Waals surface area contributed by atoms with Gasteiger partial charge in [-0.3, -0.25) is 0 Å². The summed E-state index contributed by atoms with van der Waals surface area (Å²) in [5, 5.41) is 8.34. The van der Waals surface area contributed by atoms with E-state index >= 15 is 0 Å². The van der Waals surface area contributed by atoms with E-state index in [0.29, 0.717) is 11.8 Å². The number of hydrogen-bond acceptors (Lipinski definition) is 3. The minimum absolute atomic E-state index is 0.561. The quantitative estimate of drug-likeness (QED) is 0.685. The number of rotatable bonds is 2. The maximum Gasteiger partial charge on any atom is 0.248 e. The molecule has 0 saturated carbocycles. The first-order chi connectivity index (χ1) is 10.0. The summed E-state index contributed by atoms with van der Waals surface area (Å²) in [5.41, 5.74) is 6.87. The fraction of sp³-hybridized carbons (Fsp3) is 0.222. The van der Waals surface area contributed by atoms with E-state index in [9.17, 15) is 0 Å². The average molecular weight is 278 g/mol. The number of benzene rings is 2. The Morgan fingerprint density at radius 3 is 1.43 bits per heavy atom. The summed E-state index contributed by atoms with van der Waals surface area (Å²) in [6, 6.07) is 12.3. The highest BCUT2D eigenvalue weighted by Crippen LogP contribution is 2.26. The van der Waals surface area contributed by atoms with Crippen LogP contribution in [0.1, 0.15) is 22.3 Å². The Balaban J connectivity index is 1.99. The van der Waals surface area contributed by atoms with Crippen molar-refractivity contribution in [3.8, 4) is 22.9 Å². The lowest BCUT2D eigenvalue weighted by molar-refractivity contribution is 0.584. The molecule has 2 aromatic carbocycles. The number of hydrogen-bond donors (Lipinski definition) is 0. The fourth-order valence-corrected chi connectivity index (χ4v) is 2.21. The first-order valence-corrected chi connectivity index (χ1v) is 7.03. The molecule has 0 saturated heterocycles. The van der Waals surface area contributed by atoms with Crippen molar-refractivity contribution in [3.63, 3.8) is 0 Å². The van der Waals surface area contributed by atoms with Crippen molar-refractivity contribution in [3.05, 3.63) is 58.7 Å². The molecule has 0 aliphatic carbocycles. The van der Waals surface area contributed by atoms with Crippen LogP contribution in [0.4, 0.5) is 0 Å². The lowest BCUT2D eigenvalue weighted by Crippen LogP contribution is -1.83. The summed E-state index contributed by atoms with van der Waals surface area (Å²) < 4.78 is 5.82. The highest BCUT2D eigenvalue weighted by molar-refractivity contribution is 5.60. The van der Waals surface area contributed by atoms with E-state index in [0.717, 1.165) is 11.1 Å². The topological polar surface area (TPSA) is 38.9 Å². The number of aryl methyl sites for hydroxylation is 4. The van der Waals surface area contributed by atoms with Gasteiger partial charge in [-0.2, -0.15) is 0 Å². The summed E-state index contributed by atoms with van der Waals surface area (Å²) in [6.07, 6.45) is 0. The highest BCUT2D eigenvalue weighted by atomic mass is 16.4. The van der Waals surface area contributed by atoms with Gasteiger partial charge in [-0.25, -0.2) is 0 Å². The molecule has 0 bridgehead atoms. The largest absolute Gasteiger partial charge is 0.416 e. The summed E-state index contributed by atoms with van der Waals surface area (Å²) in [4.78, 5) is 0. The first-order valence-electron chi connectivity index (χ1n) is 7.03. The molecule has 0 atom stereocenters. The van der Waals surface area contributed by atoms with Gasteiger partial charge in [0.1, 0.15) is 0 Å². The molecule has 0 N–H and O–H groups in total. The monoisotopic (exact) mass is 278 g/mol. The van der Waals surface area contributed by atoms with Gasteiger partial charge in [0.2, 0.25) is 11.8 Å². The minimum atomic E-state index is 0.561. The maximum absolute atomic E-state index is 5.82. The Bertz CT molecular complexity index is 737. The normalized spacial score (nSPS) is 10.9. The van der Waals surface area contributed by atoms with E-state index in [1.807, 2.05) is 12.1 Å². The molecule has 0 radical (unpaired) electrons. The highest BCUT2D eigenvalue weighted by Gasteiger charge is 2.11. The van der Waals surface area contributed by atoms with Crippen LogP contribution >= 0.6 is 0 Å². The molecule has 0 aliphatic rings. The first kappa shape index (κ1) is 13.6. The minimum Gasteiger partial charge on any atom is -0.416 e. The molecule has 0 aliphatic heterocycles. The number of nitrogens with zero attached hydrogens (tertiary/aromatic N) is 2. The molecule has 3 heteroatoms. The summed E-state index contributed by atoms with van der Waals surface area (Å²) in [6.45, 7) is 8.35. The lowest BCUT2D eigenvalue weighted by Gasteiger charge is -2.02. The second-order valence-electron chi connectivity index (χ2n) is 5.51. The van der Waals surface area contributed by atoms with E-state index in [2.05, 4.69) is 62.2 Å². The number of aromatic nitrogens is 2. The molecule has 3 nitrogen and oxygen atoms in total. The standard InChI is InChI=1S/C18H18N2O/c1-11-5-7-15(9-13(11)3)17-19-20-18(21-17)16-8-6-12(2)14(4)10-16/h5-10H,1-4H3. The zero-order valence-electron chi connectivity index (χ0n) is 12.8. The van der Waals surface area contributed by atoms with Crippen LogP contribution in [0.15, 0.2) is 40.8 Å². The molecule has 1 aromatic heterocycles. The van der Waals surface area contributed by atoms with E-state index < -0.39 is 0 Å². The van der Waals surface area contributed by atoms with Crippen molar-refractivity contribution in [2.45, 2.75) is 27.7 Å². The van der Waals surface area contributed by atoms with Gasteiger partial charge in [0.25, 0.3) is 0 Å². The molecule has 0 fully saturated rings. The molecule has 21 heavy (non-hydrogen) atoms. The average Bonchev–Trinajstić information content (AvgIpc) is 2.94. The smallest absolute Gasteiger partial charge is 0.248 e. The van der Waals surface area contributed by atoms with Crippen LogP contribution in [0.5, 0.6) is 0 Å². The fourth-order valence-electron chi connectivity index (χ4n) is 2.21. The van der Waals surface area contributed by atoms with Gasteiger partial charge in [-0.05, 0) is 74.2 Å². The molecule has 0 amide bonds. The molecule has 3 aromatic rings. The third-order valence-corrected chi connectivity index (χ3v) is 3.93. The Morgan fingerprint density at radius 2 is 1.05 bits per heavy atom. The van der Waals surface area contributed by atoms with Crippen LogP contribution in [-0.4, -0.2) is 10.2 Å². The van der Waals surface area contributed by atoms with Gasteiger partial charge in [0, 0.05) is 11.1 Å². The molecule has 3 rings (SSSR count). The van der Waals surface area contributed by atoms with Crippen molar-refractivity contribution < 1.29 is 4.42 Å². The molecule has 0 unspecified atom stereocenters. The van der Waals surface area contributed by atoms with Crippen LogP contribution in [0.2, 0.25) is 0 Å². The van der Waals surface area contributed by atoms with Gasteiger partial charge in [-0.1, -0.05) is 12.1 Å². The molecular weight excluding hydrogens is 260 g/mol. The van der Waals surface area contributed by atoms with Crippen molar-refractivity contribution in [1.82, 2.24) is 10.2 Å². The zero-order valence-corrected chi connectivity index (χ0v) is 12.8.